The maximum Gasteiger partial charge on any atom is 0.310 e. The molecule has 2 atom stereocenters. The number of carbonyl (C=O) groups is 1. The molecule has 0 unspecified atom stereocenters. The molecule has 0 fully saturated rings. The highest BCUT2D eigenvalue weighted by Gasteiger charge is 2.25. The first-order valence-electron chi connectivity index (χ1n) is 3.76. The van der Waals surface area contributed by atoms with Gasteiger partial charge >= 0.3 is 5.97 Å². The van der Waals surface area contributed by atoms with Crippen LogP contribution in [0.3, 0.4) is 0 Å². The standard InChI is InChI=1S/C8H13NO2.ClH/c1-11-8(10)6-4-2-3-5-7(6)9;/h3,5-7H,2,4,9H2,1H3;1H/t6-,7+;/m1./s1. The van der Waals surface area contributed by atoms with E-state index in [1.807, 2.05) is 12.2 Å². The number of hydrogen-bond acceptors (Lipinski definition) is 3. The van der Waals surface area contributed by atoms with E-state index in [1.54, 1.807) is 0 Å². The summed E-state index contributed by atoms with van der Waals surface area (Å²) in [5.41, 5.74) is 5.67. The quantitative estimate of drug-likeness (QED) is 0.495. The smallest absolute Gasteiger partial charge is 0.310 e. The third-order valence-corrected chi connectivity index (χ3v) is 1.97. The minimum atomic E-state index is -0.193. The van der Waals surface area contributed by atoms with Crippen molar-refractivity contribution in [2.45, 2.75) is 18.9 Å². The molecule has 70 valence electrons. The highest BCUT2D eigenvalue weighted by Crippen LogP contribution is 2.18. The van der Waals surface area contributed by atoms with Crippen LogP contribution in [0.25, 0.3) is 0 Å². The van der Waals surface area contributed by atoms with Gasteiger partial charge in [0, 0.05) is 6.04 Å². The normalized spacial score (nSPS) is 27.5. The number of nitrogens with two attached hydrogens (primary N) is 1. The lowest BCUT2D eigenvalue weighted by Crippen LogP contribution is -2.36. The number of ether oxygens (including phenoxy) is 1. The van der Waals surface area contributed by atoms with Gasteiger partial charge in [-0.15, -0.1) is 12.4 Å². The Kier molecular flexibility index (Phi) is 4.93. The SMILES string of the molecule is COC(=O)[C@@H]1CCC=C[C@@H]1N.Cl. The number of halogens is 1. The molecule has 0 radical (unpaired) electrons. The number of esters is 1. The molecule has 1 rings (SSSR count). The van der Waals surface area contributed by atoms with E-state index in [4.69, 9.17) is 5.73 Å². The van der Waals surface area contributed by atoms with Crippen LogP contribution >= 0.6 is 12.4 Å². The van der Waals surface area contributed by atoms with Gasteiger partial charge in [0.05, 0.1) is 13.0 Å². The molecule has 0 amide bonds. The van der Waals surface area contributed by atoms with Crippen molar-refractivity contribution < 1.29 is 9.53 Å². The van der Waals surface area contributed by atoms with E-state index >= 15 is 0 Å². The number of allylic oxidation sites excluding steroid dienone is 1. The van der Waals surface area contributed by atoms with Crippen LogP contribution in [-0.4, -0.2) is 19.1 Å². The molecule has 12 heavy (non-hydrogen) atoms. The van der Waals surface area contributed by atoms with Crippen LogP contribution < -0.4 is 5.73 Å². The van der Waals surface area contributed by atoms with E-state index in [2.05, 4.69) is 4.74 Å². The molecule has 0 aromatic rings. The third kappa shape index (κ3) is 2.50. The third-order valence-electron chi connectivity index (χ3n) is 1.97. The van der Waals surface area contributed by atoms with Crippen molar-refractivity contribution in [3.63, 3.8) is 0 Å². The molecule has 0 saturated carbocycles. The van der Waals surface area contributed by atoms with Gasteiger partial charge in [-0.25, -0.2) is 0 Å². The van der Waals surface area contributed by atoms with E-state index in [1.165, 1.54) is 7.11 Å². The van der Waals surface area contributed by atoms with E-state index in [0.29, 0.717) is 0 Å². The Morgan fingerprint density at radius 1 is 1.67 bits per heavy atom. The summed E-state index contributed by atoms with van der Waals surface area (Å²) in [6.45, 7) is 0. The lowest BCUT2D eigenvalue weighted by molar-refractivity contribution is -0.146. The Morgan fingerprint density at radius 3 is 2.83 bits per heavy atom. The Balaban J connectivity index is 0.00000121. The first kappa shape index (κ1) is 11.5. The summed E-state index contributed by atoms with van der Waals surface area (Å²) in [6, 6.07) is -0.156. The van der Waals surface area contributed by atoms with Crippen LogP contribution in [-0.2, 0) is 9.53 Å². The molecule has 3 nitrogen and oxygen atoms in total. The van der Waals surface area contributed by atoms with Crippen LogP contribution in [0, 0.1) is 5.92 Å². The molecule has 0 aliphatic heterocycles. The minimum Gasteiger partial charge on any atom is -0.469 e. The number of rotatable bonds is 1. The van der Waals surface area contributed by atoms with E-state index in [0.717, 1.165) is 12.8 Å². The topological polar surface area (TPSA) is 52.3 Å². The maximum atomic E-state index is 11.0. The number of hydrogen-bond donors (Lipinski definition) is 1. The lowest BCUT2D eigenvalue weighted by atomic mass is 9.90. The van der Waals surface area contributed by atoms with Gasteiger partial charge in [0.2, 0.25) is 0 Å². The minimum absolute atomic E-state index is 0. The van der Waals surface area contributed by atoms with Crippen LogP contribution in [0.4, 0.5) is 0 Å². The van der Waals surface area contributed by atoms with Crippen molar-refractivity contribution in [3.8, 4) is 0 Å². The molecule has 0 aromatic heterocycles. The zero-order chi connectivity index (χ0) is 8.27. The molecule has 0 spiro atoms. The molecule has 4 heteroatoms. The fourth-order valence-electron chi connectivity index (χ4n) is 1.28. The zero-order valence-corrected chi connectivity index (χ0v) is 7.84. The number of carbonyl (C=O) groups excluding carboxylic acids is 1. The summed E-state index contributed by atoms with van der Waals surface area (Å²) in [5, 5.41) is 0. The van der Waals surface area contributed by atoms with Gasteiger partial charge < -0.3 is 10.5 Å². The second-order valence-corrected chi connectivity index (χ2v) is 2.71. The fourth-order valence-corrected chi connectivity index (χ4v) is 1.28. The Morgan fingerprint density at radius 2 is 2.33 bits per heavy atom. The summed E-state index contributed by atoms with van der Waals surface area (Å²) < 4.78 is 4.61. The van der Waals surface area contributed by atoms with E-state index in [-0.39, 0.29) is 30.3 Å². The maximum absolute atomic E-state index is 11.0. The van der Waals surface area contributed by atoms with Gasteiger partial charge in [-0.05, 0) is 12.8 Å². The van der Waals surface area contributed by atoms with Crippen molar-refractivity contribution in [1.82, 2.24) is 0 Å². The molecule has 2 N–H and O–H groups in total. The van der Waals surface area contributed by atoms with Crippen molar-refractivity contribution in [3.05, 3.63) is 12.2 Å². The largest absolute Gasteiger partial charge is 0.469 e. The second-order valence-electron chi connectivity index (χ2n) is 2.71. The Bertz CT molecular complexity index is 182. The monoisotopic (exact) mass is 191 g/mol. The van der Waals surface area contributed by atoms with Crippen LogP contribution in [0.2, 0.25) is 0 Å². The molecule has 0 bridgehead atoms. The molecule has 0 aromatic carbocycles. The molecule has 0 heterocycles. The average Bonchev–Trinajstić information content (AvgIpc) is 2.04. The zero-order valence-electron chi connectivity index (χ0n) is 7.03. The predicted molar refractivity (Wildman–Crippen MR) is 49.1 cm³/mol. The fraction of sp³-hybridized carbons (Fsp3) is 0.625. The summed E-state index contributed by atoms with van der Waals surface area (Å²) in [4.78, 5) is 11.0. The van der Waals surface area contributed by atoms with Crippen molar-refractivity contribution in [2.24, 2.45) is 11.7 Å². The Hall–Kier alpha value is -0.540. The van der Waals surface area contributed by atoms with Gasteiger partial charge in [0.15, 0.2) is 0 Å². The number of methoxy groups -OCH3 is 1. The van der Waals surface area contributed by atoms with Gasteiger partial charge in [-0.2, -0.15) is 0 Å². The average molecular weight is 192 g/mol. The molecule has 1 aliphatic carbocycles. The highest BCUT2D eigenvalue weighted by molar-refractivity contribution is 5.85. The Labute approximate surface area is 78.4 Å². The summed E-state index contributed by atoms with van der Waals surface area (Å²) in [6.07, 6.45) is 5.60. The summed E-state index contributed by atoms with van der Waals surface area (Å²) in [5.74, 6) is -0.327. The van der Waals surface area contributed by atoms with Gasteiger partial charge in [0.1, 0.15) is 0 Å². The van der Waals surface area contributed by atoms with Gasteiger partial charge in [-0.3, -0.25) is 4.79 Å². The van der Waals surface area contributed by atoms with E-state index < -0.39 is 0 Å². The predicted octanol–water partition coefficient (Wildman–Crippen LogP) is 0.875. The molecular weight excluding hydrogens is 178 g/mol. The van der Waals surface area contributed by atoms with Crippen molar-refractivity contribution >= 4 is 18.4 Å². The van der Waals surface area contributed by atoms with Crippen molar-refractivity contribution in [2.75, 3.05) is 7.11 Å². The van der Waals surface area contributed by atoms with Crippen molar-refractivity contribution in [1.29, 1.82) is 0 Å². The first-order chi connectivity index (χ1) is 5.25. The molecular formula is C8H14ClNO2. The highest BCUT2D eigenvalue weighted by atomic mass is 35.5. The van der Waals surface area contributed by atoms with E-state index in [9.17, 15) is 4.79 Å². The first-order valence-corrected chi connectivity index (χ1v) is 3.76. The van der Waals surface area contributed by atoms with Crippen LogP contribution in [0.5, 0.6) is 0 Å². The van der Waals surface area contributed by atoms with Crippen LogP contribution in [0.1, 0.15) is 12.8 Å². The van der Waals surface area contributed by atoms with Crippen LogP contribution in [0.15, 0.2) is 12.2 Å². The van der Waals surface area contributed by atoms with Gasteiger partial charge in [0.25, 0.3) is 0 Å². The summed E-state index contributed by atoms with van der Waals surface area (Å²) in [7, 11) is 1.40. The lowest BCUT2D eigenvalue weighted by Gasteiger charge is -2.21. The second kappa shape index (κ2) is 5.17. The van der Waals surface area contributed by atoms with Gasteiger partial charge in [-0.1, -0.05) is 12.2 Å². The summed E-state index contributed by atoms with van der Waals surface area (Å²) >= 11 is 0. The molecule has 0 saturated heterocycles. The molecule has 1 aliphatic rings.